The number of hydrogen-bond donors (Lipinski definition) is 2. The predicted octanol–water partition coefficient (Wildman–Crippen LogP) is 1.79. The lowest BCUT2D eigenvalue weighted by Crippen LogP contribution is -2.32. The van der Waals surface area contributed by atoms with Crippen LogP contribution in [0.2, 0.25) is 0 Å². The number of nitrogens with one attached hydrogen (secondary N) is 2. The Hall–Kier alpha value is -0.910. The van der Waals surface area contributed by atoms with Crippen LogP contribution in [0.4, 0.5) is 0 Å². The Morgan fingerprint density at radius 2 is 2.05 bits per heavy atom. The molecule has 0 amide bonds. The summed E-state index contributed by atoms with van der Waals surface area (Å²) in [7, 11) is -1.51. The molecular formula is C14H22N2O2S. The third kappa shape index (κ3) is 3.55. The predicted molar refractivity (Wildman–Crippen MR) is 76.5 cm³/mol. The maximum atomic E-state index is 12.2. The Kier molecular flexibility index (Phi) is 4.60. The van der Waals surface area contributed by atoms with Crippen molar-refractivity contribution in [2.75, 3.05) is 13.6 Å². The molecule has 0 radical (unpaired) electrons. The fourth-order valence-electron chi connectivity index (χ4n) is 2.20. The first kappa shape index (κ1) is 14.5. The molecule has 1 aliphatic carbocycles. The van der Waals surface area contributed by atoms with Gasteiger partial charge < -0.3 is 5.32 Å². The lowest BCUT2D eigenvalue weighted by Gasteiger charge is -2.25. The Balaban J connectivity index is 2.12. The van der Waals surface area contributed by atoms with Crippen molar-refractivity contribution in [1.29, 1.82) is 0 Å². The summed E-state index contributed by atoms with van der Waals surface area (Å²) in [6, 6.07) is 5.30. The highest BCUT2D eigenvalue weighted by Gasteiger charge is 2.21. The third-order valence-electron chi connectivity index (χ3n) is 3.78. The van der Waals surface area contributed by atoms with E-state index in [0.717, 1.165) is 24.0 Å². The topological polar surface area (TPSA) is 58.2 Å². The van der Waals surface area contributed by atoms with Gasteiger partial charge in [-0.05, 0) is 56.0 Å². The molecule has 1 aromatic carbocycles. The van der Waals surface area contributed by atoms with E-state index in [-0.39, 0.29) is 0 Å². The van der Waals surface area contributed by atoms with Crippen molar-refractivity contribution < 1.29 is 8.42 Å². The second-order valence-corrected chi connectivity index (χ2v) is 7.03. The van der Waals surface area contributed by atoms with E-state index in [2.05, 4.69) is 10.0 Å². The van der Waals surface area contributed by atoms with E-state index in [1.807, 2.05) is 20.0 Å². The molecule has 4 nitrogen and oxygen atoms in total. The minimum atomic E-state index is -3.37. The molecule has 19 heavy (non-hydrogen) atoms. The van der Waals surface area contributed by atoms with Crippen LogP contribution in [-0.2, 0) is 16.6 Å². The lowest BCUT2D eigenvalue weighted by atomic mass is 9.86. The van der Waals surface area contributed by atoms with Crippen LogP contribution in [0.1, 0.15) is 30.4 Å². The molecule has 0 saturated heterocycles. The molecule has 2 N–H and O–H groups in total. The van der Waals surface area contributed by atoms with Crippen molar-refractivity contribution in [3.63, 3.8) is 0 Å². The molecule has 5 heteroatoms. The van der Waals surface area contributed by atoms with Crippen molar-refractivity contribution in [2.24, 2.45) is 5.92 Å². The lowest BCUT2D eigenvalue weighted by molar-refractivity contribution is 0.316. The van der Waals surface area contributed by atoms with Gasteiger partial charge in [0, 0.05) is 13.1 Å². The van der Waals surface area contributed by atoms with Crippen molar-refractivity contribution in [1.82, 2.24) is 10.0 Å². The van der Waals surface area contributed by atoms with E-state index in [1.54, 1.807) is 12.1 Å². The normalized spacial score (nSPS) is 16.3. The molecule has 0 atom stereocenters. The molecule has 0 spiro atoms. The second kappa shape index (κ2) is 6.03. The second-order valence-electron chi connectivity index (χ2n) is 5.27. The van der Waals surface area contributed by atoms with Crippen molar-refractivity contribution in [3.05, 3.63) is 29.3 Å². The van der Waals surface area contributed by atoms with Crippen molar-refractivity contribution >= 4 is 10.0 Å². The zero-order valence-electron chi connectivity index (χ0n) is 11.6. The van der Waals surface area contributed by atoms with Crippen LogP contribution in [0.15, 0.2) is 23.1 Å². The molecule has 1 fully saturated rings. The third-order valence-corrected chi connectivity index (χ3v) is 5.21. The Morgan fingerprint density at radius 1 is 1.32 bits per heavy atom. The summed E-state index contributed by atoms with van der Waals surface area (Å²) in [5, 5.41) is 3.06. The van der Waals surface area contributed by atoms with Crippen LogP contribution < -0.4 is 10.0 Å². The number of aryl methyl sites for hydroxylation is 1. The first-order valence-electron chi connectivity index (χ1n) is 6.77. The largest absolute Gasteiger partial charge is 0.316 e. The average Bonchev–Trinajstić information content (AvgIpc) is 2.30. The molecular weight excluding hydrogens is 260 g/mol. The summed E-state index contributed by atoms with van der Waals surface area (Å²) in [5.41, 5.74) is 2.13. The standard InChI is InChI=1S/C14H22N2O2S/c1-11-6-7-14(8-13(11)10-15-2)19(17,18)16-9-12-4-3-5-12/h6-8,12,15-16H,3-5,9-10H2,1-2H3. The zero-order chi connectivity index (χ0) is 13.9. The minimum Gasteiger partial charge on any atom is -0.316 e. The highest BCUT2D eigenvalue weighted by molar-refractivity contribution is 7.89. The molecule has 1 saturated carbocycles. The van der Waals surface area contributed by atoms with Gasteiger partial charge in [0.2, 0.25) is 10.0 Å². The summed E-state index contributed by atoms with van der Waals surface area (Å²) < 4.78 is 27.1. The van der Waals surface area contributed by atoms with Crippen LogP contribution in [-0.4, -0.2) is 22.0 Å². The molecule has 0 bridgehead atoms. The minimum absolute atomic E-state index is 0.364. The van der Waals surface area contributed by atoms with Crippen molar-refractivity contribution in [2.45, 2.75) is 37.6 Å². The summed E-state index contributed by atoms with van der Waals surface area (Å²) in [6.45, 7) is 3.24. The van der Waals surface area contributed by atoms with Gasteiger partial charge in [0.05, 0.1) is 4.90 Å². The van der Waals surface area contributed by atoms with E-state index < -0.39 is 10.0 Å². The zero-order valence-corrected chi connectivity index (χ0v) is 12.4. The number of rotatable bonds is 6. The molecule has 1 aliphatic rings. The average molecular weight is 282 g/mol. The van der Waals surface area contributed by atoms with E-state index >= 15 is 0 Å². The first-order chi connectivity index (χ1) is 9.03. The van der Waals surface area contributed by atoms with Crippen LogP contribution in [0.5, 0.6) is 0 Å². The summed E-state index contributed by atoms with van der Waals surface area (Å²) in [5.74, 6) is 0.525. The van der Waals surface area contributed by atoms with Gasteiger partial charge in [-0.25, -0.2) is 13.1 Å². The van der Waals surface area contributed by atoms with Gasteiger partial charge in [-0.2, -0.15) is 0 Å². The molecule has 1 aromatic rings. The molecule has 0 unspecified atom stereocenters. The Labute approximate surface area is 115 Å². The Bertz CT molecular complexity index is 536. The summed E-state index contributed by atoms with van der Waals surface area (Å²) >= 11 is 0. The van der Waals surface area contributed by atoms with Crippen LogP contribution in [0.3, 0.4) is 0 Å². The highest BCUT2D eigenvalue weighted by atomic mass is 32.2. The van der Waals surface area contributed by atoms with E-state index in [0.29, 0.717) is 23.9 Å². The monoisotopic (exact) mass is 282 g/mol. The van der Waals surface area contributed by atoms with Crippen LogP contribution >= 0.6 is 0 Å². The maximum absolute atomic E-state index is 12.2. The van der Waals surface area contributed by atoms with E-state index in [9.17, 15) is 8.42 Å². The fraction of sp³-hybridized carbons (Fsp3) is 0.571. The molecule has 2 rings (SSSR count). The SMILES string of the molecule is CNCc1cc(S(=O)(=O)NCC2CCC2)ccc1C. The molecule has 106 valence electrons. The van der Waals surface area contributed by atoms with Crippen molar-refractivity contribution in [3.8, 4) is 0 Å². The van der Waals surface area contributed by atoms with Gasteiger partial charge in [0.15, 0.2) is 0 Å². The van der Waals surface area contributed by atoms with Gasteiger partial charge >= 0.3 is 0 Å². The fourth-order valence-corrected chi connectivity index (χ4v) is 3.37. The quantitative estimate of drug-likeness (QED) is 0.836. The van der Waals surface area contributed by atoms with Gasteiger partial charge in [-0.1, -0.05) is 12.5 Å². The van der Waals surface area contributed by atoms with Gasteiger partial charge in [-0.15, -0.1) is 0 Å². The van der Waals surface area contributed by atoms with Crippen LogP contribution in [0, 0.1) is 12.8 Å². The van der Waals surface area contributed by atoms with Gasteiger partial charge in [0.25, 0.3) is 0 Å². The van der Waals surface area contributed by atoms with Crippen LogP contribution in [0.25, 0.3) is 0 Å². The Morgan fingerprint density at radius 3 is 2.63 bits per heavy atom. The molecule has 0 aliphatic heterocycles. The molecule has 0 aromatic heterocycles. The molecule has 0 heterocycles. The summed E-state index contributed by atoms with van der Waals surface area (Å²) in [6.07, 6.45) is 3.51. The van der Waals surface area contributed by atoms with Gasteiger partial charge in [0.1, 0.15) is 0 Å². The smallest absolute Gasteiger partial charge is 0.240 e. The number of hydrogen-bond acceptors (Lipinski definition) is 3. The highest BCUT2D eigenvalue weighted by Crippen LogP contribution is 2.26. The van der Waals surface area contributed by atoms with Gasteiger partial charge in [-0.3, -0.25) is 0 Å². The summed E-state index contributed by atoms with van der Waals surface area (Å²) in [4.78, 5) is 0.364. The van der Waals surface area contributed by atoms with E-state index in [4.69, 9.17) is 0 Å². The number of benzene rings is 1. The van der Waals surface area contributed by atoms with E-state index in [1.165, 1.54) is 6.42 Å². The number of sulfonamides is 1. The first-order valence-corrected chi connectivity index (χ1v) is 8.25. The maximum Gasteiger partial charge on any atom is 0.240 e.